The van der Waals surface area contributed by atoms with Crippen molar-refractivity contribution < 1.29 is 22.4 Å². The zero-order valence-corrected chi connectivity index (χ0v) is 13.4. The maximum atomic E-state index is 13.0. The molecule has 0 saturated carbocycles. The van der Waals surface area contributed by atoms with E-state index in [1.807, 2.05) is 6.07 Å². The van der Waals surface area contributed by atoms with Gasteiger partial charge in [0.1, 0.15) is 6.07 Å². The Kier molecular flexibility index (Phi) is 4.34. The number of nitriles is 1. The maximum Gasteiger partial charge on any atom is 0.417 e. The highest BCUT2D eigenvalue weighted by Crippen LogP contribution is 2.34. The van der Waals surface area contributed by atoms with Gasteiger partial charge < -0.3 is 14.2 Å². The van der Waals surface area contributed by atoms with E-state index in [4.69, 9.17) is 9.26 Å². The molecule has 3 heterocycles. The molecule has 2 aromatic rings. The van der Waals surface area contributed by atoms with Crippen LogP contribution < -0.4 is 4.90 Å². The summed E-state index contributed by atoms with van der Waals surface area (Å²) in [6, 6.07) is 2.76. The zero-order valence-electron chi connectivity index (χ0n) is 13.4. The fourth-order valence-electron chi connectivity index (χ4n) is 2.66. The number of aromatic nitrogens is 3. The van der Waals surface area contributed by atoms with E-state index in [2.05, 4.69) is 15.1 Å². The topological polar surface area (TPSA) is 88.1 Å². The Morgan fingerprint density at radius 1 is 1.36 bits per heavy atom. The Hall–Kier alpha value is -2.67. The quantitative estimate of drug-likeness (QED) is 0.820. The van der Waals surface area contributed by atoms with E-state index < -0.39 is 17.8 Å². The monoisotopic (exact) mass is 353 g/mol. The highest BCUT2D eigenvalue weighted by molar-refractivity contribution is 5.58. The van der Waals surface area contributed by atoms with Gasteiger partial charge in [0.15, 0.2) is 17.6 Å². The number of rotatable bonds is 2. The van der Waals surface area contributed by atoms with Crippen molar-refractivity contribution in [1.29, 1.82) is 5.26 Å². The van der Waals surface area contributed by atoms with Crippen molar-refractivity contribution >= 4 is 5.69 Å². The van der Waals surface area contributed by atoms with Gasteiger partial charge in [0.25, 0.3) is 5.89 Å². The minimum Gasteiger partial charge on any atom is -0.363 e. The molecule has 0 aliphatic carbocycles. The van der Waals surface area contributed by atoms with Crippen LogP contribution in [0.4, 0.5) is 18.9 Å². The van der Waals surface area contributed by atoms with Gasteiger partial charge in [-0.15, -0.1) is 0 Å². The molecular formula is C15H14F3N5O2. The molecule has 7 nitrogen and oxygen atoms in total. The Morgan fingerprint density at radius 3 is 2.72 bits per heavy atom. The van der Waals surface area contributed by atoms with Crippen molar-refractivity contribution in [3.63, 3.8) is 0 Å². The van der Waals surface area contributed by atoms with E-state index in [0.717, 1.165) is 6.07 Å². The van der Waals surface area contributed by atoms with Crippen LogP contribution in [0.5, 0.6) is 0 Å². The van der Waals surface area contributed by atoms with E-state index in [-0.39, 0.29) is 29.9 Å². The van der Waals surface area contributed by atoms with Gasteiger partial charge in [0.2, 0.25) is 0 Å². The highest BCUT2D eigenvalue weighted by Gasteiger charge is 2.35. The first-order valence-electron chi connectivity index (χ1n) is 7.46. The number of nitrogens with zero attached hydrogens (tertiary/aromatic N) is 5. The molecule has 25 heavy (non-hydrogen) atoms. The number of alkyl halides is 3. The zero-order chi connectivity index (χ0) is 18.2. The smallest absolute Gasteiger partial charge is 0.363 e. The van der Waals surface area contributed by atoms with Crippen molar-refractivity contribution in [2.24, 2.45) is 0 Å². The summed E-state index contributed by atoms with van der Waals surface area (Å²) in [5, 5.41) is 12.9. The number of aryl methyl sites for hydroxylation is 1. The molecule has 0 radical (unpaired) electrons. The molecule has 132 valence electrons. The van der Waals surface area contributed by atoms with Crippen molar-refractivity contribution in [3.05, 3.63) is 35.2 Å². The number of morpholine rings is 1. The van der Waals surface area contributed by atoms with Crippen LogP contribution in [0.2, 0.25) is 0 Å². The first-order chi connectivity index (χ1) is 11.8. The fraction of sp³-hybridized carbons (Fsp3) is 0.467. The second-order valence-electron chi connectivity index (χ2n) is 5.72. The maximum absolute atomic E-state index is 13.0. The molecule has 10 heteroatoms. The van der Waals surface area contributed by atoms with Crippen molar-refractivity contribution in [2.45, 2.75) is 32.2 Å². The lowest BCUT2D eigenvalue weighted by Crippen LogP contribution is -2.43. The van der Waals surface area contributed by atoms with Crippen LogP contribution in [-0.4, -0.2) is 34.3 Å². The van der Waals surface area contributed by atoms with Gasteiger partial charge in [0.05, 0.1) is 23.9 Å². The molecule has 1 fully saturated rings. The SMILES string of the molecule is Cc1noc([C@H]2CN(c3cc(C(F)(F)F)cnc3C#N)C[C@@H](C)O2)n1. The Labute approximate surface area is 141 Å². The van der Waals surface area contributed by atoms with E-state index in [1.54, 1.807) is 18.7 Å². The van der Waals surface area contributed by atoms with E-state index in [9.17, 15) is 18.4 Å². The van der Waals surface area contributed by atoms with Crippen LogP contribution in [0.25, 0.3) is 0 Å². The van der Waals surface area contributed by atoms with Crippen molar-refractivity contribution in [3.8, 4) is 6.07 Å². The predicted molar refractivity (Wildman–Crippen MR) is 78.5 cm³/mol. The van der Waals surface area contributed by atoms with Gasteiger partial charge in [-0.3, -0.25) is 0 Å². The third-order valence-electron chi connectivity index (χ3n) is 3.72. The molecule has 1 aliphatic rings. The molecule has 2 aromatic heterocycles. The molecule has 0 aromatic carbocycles. The third-order valence-corrected chi connectivity index (χ3v) is 3.72. The normalized spacial score (nSPS) is 21.2. The second-order valence-corrected chi connectivity index (χ2v) is 5.72. The predicted octanol–water partition coefficient (Wildman–Crippen LogP) is 2.63. The average Bonchev–Trinajstić information content (AvgIpc) is 2.99. The molecule has 0 amide bonds. The van der Waals surface area contributed by atoms with Crippen LogP contribution in [0.15, 0.2) is 16.8 Å². The van der Waals surface area contributed by atoms with Crippen LogP contribution in [0.1, 0.15) is 36.0 Å². The van der Waals surface area contributed by atoms with Crippen LogP contribution in [0.3, 0.4) is 0 Å². The molecule has 0 bridgehead atoms. The van der Waals surface area contributed by atoms with Crippen molar-refractivity contribution in [2.75, 3.05) is 18.0 Å². The Balaban J connectivity index is 1.95. The van der Waals surface area contributed by atoms with E-state index in [1.165, 1.54) is 0 Å². The summed E-state index contributed by atoms with van der Waals surface area (Å²) in [4.78, 5) is 9.38. The second kappa shape index (κ2) is 6.33. The molecule has 2 atom stereocenters. The lowest BCUT2D eigenvalue weighted by Gasteiger charge is -2.37. The summed E-state index contributed by atoms with van der Waals surface area (Å²) < 4.78 is 49.8. The van der Waals surface area contributed by atoms with Gasteiger partial charge >= 0.3 is 6.18 Å². The fourth-order valence-corrected chi connectivity index (χ4v) is 2.66. The largest absolute Gasteiger partial charge is 0.417 e. The number of anilines is 1. The van der Waals surface area contributed by atoms with Gasteiger partial charge in [0, 0.05) is 12.7 Å². The van der Waals surface area contributed by atoms with Crippen LogP contribution >= 0.6 is 0 Å². The molecule has 0 unspecified atom stereocenters. The number of halogens is 3. The van der Waals surface area contributed by atoms with E-state index >= 15 is 0 Å². The molecule has 0 N–H and O–H groups in total. The third kappa shape index (κ3) is 3.56. The standard InChI is InChI=1S/C15H14F3N5O2/c1-8-6-23(7-13(24-8)14-21-9(2)22-25-14)12-3-10(15(16,17)18)5-20-11(12)4-19/h3,5,8,13H,6-7H2,1-2H3/t8-,13-/m1/s1. The molecule has 1 saturated heterocycles. The highest BCUT2D eigenvalue weighted by atomic mass is 19.4. The summed E-state index contributed by atoms with van der Waals surface area (Å²) in [6.07, 6.45) is -4.81. The first kappa shape index (κ1) is 17.2. The summed E-state index contributed by atoms with van der Waals surface area (Å²) in [7, 11) is 0. The number of hydrogen-bond acceptors (Lipinski definition) is 7. The van der Waals surface area contributed by atoms with Crippen LogP contribution in [-0.2, 0) is 10.9 Å². The van der Waals surface area contributed by atoms with E-state index in [0.29, 0.717) is 18.6 Å². The first-order valence-corrected chi connectivity index (χ1v) is 7.46. The van der Waals surface area contributed by atoms with Gasteiger partial charge in [-0.1, -0.05) is 5.16 Å². The summed E-state index contributed by atoms with van der Waals surface area (Å²) >= 11 is 0. The van der Waals surface area contributed by atoms with Crippen LogP contribution in [0, 0.1) is 18.3 Å². The Bertz CT molecular complexity index is 814. The summed E-state index contributed by atoms with van der Waals surface area (Å²) in [5.74, 6) is 0.675. The molecule has 0 spiro atoms. The number of ether oxygens (including phenoxy) is 1. The van der Waals surface area contributed by atoms with Gasteiger partial charge in [-0.2, -0.15) is 23.4 Å². The number of hydrogen-bond donors (Lipinski definition) is 0. The minimum absolute atomic E-state index is 0.0810. The van der Waals surface area contributed by atoms with Gasteiger partial charge in [-0.05, 0) is 19.9 Å². The lowest BCUT2D eigenvalue weighted by molar-refractivity contribution is -0.137. The molecular weight excluding hydrogens is 339 g/mol. The summed E-state index contributed by atoms with van der Waals surface area (Å²) in [6.45, 7) is 3.90. The average molecular weight is 353 g/mol. The number of pyridine rings is 1. The molecule has 1 aliphatic heterocycles. The van der Waals surface area contributed by atoms with Crippen molar-refractivity contribution in [1.82, 2.24) is 15.1 Å². The van der Waals surface area contributed by atoms with Gasteiger partial charge in [-0.25, -0.2) is 4.98 Å². The molecule has 3 rings (SSSR count). The minimum atomic E-state index is -4.55. The Morgan fingerprint density at radius 2 is 2.12 bits per heavy atom. The lowest BCUT2D eigenvalue weighted by atomic mass is 10.1. The summed E-state index contributed by atoms with van der Waals surface area (Å²) in [5.41, 5.74) is -0.887.